The van der Waals surface area contributed by atoms with Crippen LogP contribution in [0, 0.1) is 0 Å². The molecule has 0 bridgehead atoms. The monoisotopic (exact) mass is 295 g/mol. The molecule has 1 aromatic carbocycles. The standard InChI is InChI=1S/C16H13N3OS/c1-3-12(14-10-21-11-18-14)9-13(4-1)19-7-8-20-15-5-2-6-17-16(15)19/h1-6,9-11H,7-8H2. The number of anilines is 2. The lowest BCUT2D eigenvalue weighted by Gasteiger charge is -2.30. The van der Waals surface area contributed by atoms with Crippen molar-refractivity contribution in [3.05, 3.63) is 53.5 Å². The van der Waals surface area contributed by atoms with Crippen molar-refractivity contribution in [2.24, 2.45) is 0 Å². The normalized spacial score (nSPS) is 13.6. The summed E-state index contributed by atoms with van der Waals surface area (Å²) in [6.45, 7) is 1.46. The Morgan fingerprint density at radius 1 is 1.14 bits per heavy atom. The quantitative estimate of drug-likeness (QED) is 0.722. The number of benzene rings is 1. The highest BCUT2D eigenvalue weighted by molar-refractivity contribution is 7.07. The zero-order chi connectivity index (χ0) is 14.1. The van der Waals surface area contributed by atoms with Gasteiger partial charge in [-0.15, -0.1) is 11.3 Å². The minimum absolute atomic E-state index is 0.666. The molecule has 0 aliphatic carbocycles. The second kappa shape index (κ2) is 5.18. The van der Waals surface area contributed by atoms with Gasteiger partial charge in [-0.2, -0.15) is 0 Å². The molecule has 0 fully saturated rings. The fraction of sp³-hybridized carbons (Fsp3) is 0.125. The van der Waals surface area contributed by atoms with Crippen LogP contribution in [0.15, 0.2) is 53.5 Å². The Hall–Kier alpha value is -2.40. The minimum atomic E-state index is 0.666. The first-order valence-corrected chi connectivity index (χ1v) is 7.70. The molecule has 4 rings (SSSR count). The molecule has 4 nitrogen and oxygen atoms in total. The molecule has 0 amide bonds. The molecular formula is C16H13N3OS. The van der Waals surface area contributed by atoms with Gasteiger partial charge in [0.1, 0.15) is 6.61 Å². The topological polar surface area (TPSA) is 38.2 Å². The largest absolute Gasteiger partial charge is 0.488 e. The highest BCUT2D eigenvalue weighted by Crippen LogP contribution is 2.35. The number of ether oxygens (including phenoxy) is 1. The molecule has 1 aliphatic heterocycles. The van der Waals surface area contributed by atoms with E-state index < -0.39 is 0 Å². The van der Waals surface area contributed by atoms with Gasteiger partial charge >= 0.3 is 0 Å². The van der Waals surface area contributed by atoms with Gasteiger partial charge in [0.2, 0.25) is 0 Å². The smallest absolute Gasteiger partial charge is 0.175 e. The zero-order valence-electron chi connectivity index (χ0n) is 11.3. The van der Waals surface area contributed by atoms with E-state index in [9.17, 15) is 0 Å². The van der Waals surface area contributed by atoms with E-state index in [0.29, 0.717) is 6.61 Å². The van der Waals surface area contributed by atoms with E-state index in [1.54, 1.807) is 17.5 Å². The number of thiazole rings is 1. The number of hydrogen-bond acceptors (Lipinski definition) is 5. The molecule has 0 saturated heterocycles. The second-order valence-corrected chi connectivity index (χ2v) is 5.47. The Morgan fingerprint density at radius 3 is 3.05 bits per heavy atom. The molecule has 1 aliphatic rings. The molecule has 0 N–H and O–H groups in total. The number of aromatic nitrogens is 2. The molecule has 0 radical (unpaired) electrons. The first-order valence-electron chi connectivity index (χ1n) is 6.76. The van der Waals surface area contributed by atoms with Crippen LogP contribution in [0.25, 0.3) is 11.3 Å². The Kier molecular flexibility index (Phi) is 3.05. The first kappa shape index (κ1) is 12.3. The van der Waals surface area contributed by atoms with Crippen molar-refractivity contribution in [2.45, 2.75) is 0 Å². The van der Waals surface area contributed by atoms with E-state index in [0.717, 1.165) is 35.1 Å². The predicted octanol–water partition coefficient (Wildman–Crippen LogP) is 3.74. The van der Waals surface area contributed by atoms with Crippen LogP contribution >= 0.6 is 11.3 Å². The van der Waals surface area contributed by atoms with Gasteiger partial charge in [-0.05, 0) is 24.3 Å². The fourth-order valence-electron chi connectivity index (χ4n) is 2.49. The van der Waals surface area contributed by atoms with Crippen molar-refractivity contribution in [1.82, 2.24) is 9.97 Å². The van der Waals surface area contributed by atoms with Gasteiger partial charge in [-0.3, -0.25) is 0 Å². The molecule has 21 heavy (non-hydrogen) atoms. The lowest BCUT2D eigenvalue weighted by atomic mass is 10.1. The average Bonchev–Trinajstić information content (AvgIpc) is 3.09. The molecule has 0 saturated carbocycles. The summed E-state index contributed by atoms with van der Waals surface area (Å²) in [6, 6.07) is 12.2. The predicted molar refractivity (Wildman–Crippen MR) is 84.3 cm³/mol. The van der Waals surface area contributed by atoms with Gasteiger partial charge in [0.25, 0.3) is 0 Å². The molecule has 0 unspecified atom stereocenters. The van der Waals surface area contributed by atoms with Crippen molar-refractivity contribution >= 4 is 22.8 Å². The van der Waals surface area contributed by atoms with Crippen LogP contribution in [0.4, 0.5) is 11.5 Å². The summed E-state index contributed by atoms with van der Waals surface area (Å²) in [5, 5.41) is 2.06. The molecule has 0 spiro atoms. The van der Waals surface area contributed by atoms with Crippen molar-refractivity contribution < 1.29 is 4.74 Å². The van der Waals surface area contributed by atoms with E-state index in [2.05, 4.69) is 44.5 Å². The lowest BCUT2D eigenvalue weighted by Crippen LogP contribution is -2.29. The van der Waals surface area contributed by atoms with E-state index in [-0.39, 0.29) is 0 Å². The van der Waals surface area contributed by atoms with Gasteiger partial charge < -0.3 is 9.64 Å². The summed E-state index contributed by atoms with van der Waals surface area (Å²) in [4.78, 5) is 11.0. The zero-order valence-corrected chi connectivity index (χ0v) is 12.1. The van der Waals surface area contributed by atoms with Crippen LogP contribution in [-0.2, 0) is 0 Å². The fourth-order valence-corrected chi connectivity index (χ4v) is 3.05. The number of nitrogens with zero attached hydrogens (tertiary/aromatic N) is 3. The third-order valence-corrected chi connectivity index (χ3v) is 4.05. The molecule has 5 heteroatoms. The molecule has 3 heterocycles. The summed E-state index contributed by atoms with van der Waals surface area (Å²) in [6.07, 6.45) is 1.80. The summed E-state index contributed by atoms with van der Waals surface area (Å²) in [5.41, 5.74) is 5.10. The number of rotatable bonds is 2. The molecular weight excluding hydrogens is 282 g/mol. The summed E-state index contributed by atoms with van der Waals surface area (Å²) in [5.74, 6) is 1.71. The van der Waals surface area contributed by atoms with Gasteiger partial charge in [-0.1, -0.05) is 12.1 Å². The minimum Gasteiger partial charge on any atom is -0.488 e. The summed E-state index contributed by atoms with van der Waals surface area (Å²) in [7, 11) is 0. The van der Waals surface area contributed by atoms with Crippen LogP contribution in [0.3, 0.4) is 0 Å². The van der Waals surface area contributed by atoms with Gasteiger partial charge in [-0.25, -0.2) is 9.97 Å². The Morgan fingerprint density at radius 2 is 2.14 bits per heavy atom. The highest BCUT2D eigenvalue weighted by atomic mass is 32.1. The molecule has 3 aromatic rings. The number of hydrogen-bond donors (Lipinski definition) is 0. The van der Waals surface area contributed by atoms with Gasteiger partial charge in [0, 0.05) is 22.8 Å². The van der Waals surface area contributed by atoms with Gasteiger partial charge in [0.05, 0.1) is 17.7 Å². The van der Waals surface area contributed by atoms with E-state index in [1.165, 1.54) is 0 Å². The maximum absolute atomic E-state index is 5.66. The van der Waals surface area contributed by atoms with Crippen molar-refractivity contribution in [3.8, 4) is 17.0 Å². The first-order chi connectivity index (χ1) is 10.4. The molecule has 0 atom stereocenters. The van der Waals surface area contributed by atoms with Crippen molar-refractivity contribution in [2.75, 3.05) is 18.1 Å². The Labute approximate surface area is 126 Å². The molecule has 104 valence electrons. The maximum atomic E-state index is 5.66. The Balaban J connectivity index is 1.76. The van der Waals surface area contributed by atoms with Crippen LogP contribution in [0.1, 0.15) is 0 Å². The van der Waals surface area contributed by atoms with Crippen molar-refractivity contribution in [3.63, 3.8) is 0 Å². The number of pyridine rings is 1. The summed E-state index contributed by atoms with van der Waals surface area (Å²) < 4.78 is 5.66. The lowest BCUT2D eigenvalue weighted by molar-refractivity contribution is 0.312. The van der Waals surface area contributed by atoms with Crippen LogP contribution in [0.2, 0.25) is 0 Å². The highest BCUT2D eigenvalue weighted by Gasteiger charge is 2.20. The third kappa shape index (κ3) is 2.25. The SMILES string of the molecule is c1cc(-c2cscn2)cc(N2CCOc3cccnc32)c1. The third-order valence-electron chi connectivity index (χ3n) is 3.46. The Bertz CT molecular complexity index is 758. The average molecular weight is 295 g/mol. The van der Waals surface area contributed by atoms with Crippen LogP contribution in [-0.4, -0.2) is 23.1 Å². The van der Waals surface area contributed by atoms with E-state index in [4.69, 9.17) is 4.74 Å². The van der Waals surface area contributed by atoms with E-state index in [1.807, 2.05) is 17.6 Å². The van der Waals surface area contributed by atoms with E-state index >= 15 is 0 Å². The van der Waals surface area contributed by atoms with Crippen LogP contribution in [0.5, 0.6) is 5.75 Å². The van der Waals surface area contributed by atoms with Crippen LogP contribution < -0.4 is 9.64 Å². The second-order valence-electron chi connectivity index (χ2n) is 4.75. The van der Waals surface area contributed by atoms with Gasteiger partial charge in [0.15, 0.2) is 11.6 Å². The summed E-state index contributed by atoms with van der Waals surface area (Å²) >= 11 is 1.61. The van der Waals surface area contributed by atoms with Crippen molar-refractivity contribution in [1.29, 1.82) is 0 Å². The molecule has 2 aromatic heterocycles. The number of fused-ring (bicyclic) bond motifs is 1. The maximum Gasteiger partial charge on any atom is 0.175 e.